The van der Waals surface area contributed by atoms with Crippen LogP contribution in [0.2, 0.25) is 0 Å². The van der Waals surface area contributed by atoms with Crippen LogP contribution in [0.4, 0.5) is 5.69 Å². The molecule has 0 unspecified atom stereocenters. The van der Waals surface area contributed by atoms with Crippen LogP contribution >= 0.6 is 0 Å². The number of anilines is 1. The first kappa shape index (κ1) is 30.7. The van der Waals surface area contributed by atoms with E-state index in [1.54, 1.807) is 0 Å². The number of aromatic amines is 1. The number of H-pyrrole nitrogens is 1. The Kier molecular flexibility index (Phi) is 11.0. The van der Waals surface area contributed by atoms with Crippen LogP contribution in [-0.4, -0.2) is 48.5 Å². The molecule has 1 aliphatic carbocycles. The van der Waals surface area contributed by atoms with Gasteiger partial charge in [-0.1, -0.05) is 26.3 Å². The molecule has 1 aromatic heterocycles. The number of benzene rings is 1. The van der Waals surface area contributed by atoms with Crippen molar-refractivity contribution >= 4 is 17.2 Å². The number of hydrogen-bond donors (Lipinski definition) is 2. The first-order valence-corrected chi connectivity index (χ1v) is 14.9. The lowest BCUT2D eigenvalue weighted by Gasteiger charge is -2.40. The van der Waals surface area contributed by atoms with Gasteiger partial charge in [-0.15, -0.1) is 0 Å². The SMILES string of the molecule is CC/C=C(\CCC)c1cc(C(=O)NCc2c(C)cc(C)[nH]c2=O)c(C)c(N(CC)C2CCC(N(C)C)CC2)c1. The normalized spacial score (nSPS) is 17.9. The van der Waals surface area contributed by atoms with Gasteiger partial charge in [0.15, 0.2) is 0 Å². The largest absolute Gasteiger partial charge is 0.369 e. The second-order valence-corrected chi connectivity index (χ2v) is 11.4. The predicted molar refractivity (Wildman–Crippen MR) is 165 cm³/mol. The molecule has 1 amide bonds. The molecule has 0 saturated heterocycles. The molecule has 0 radical (unpaired) electrons. The fourth-order valence-electron chi connectivity index (χ4n) is 6.18. The van der Waals surface area contributed by atoms with Crippen LogP contribution in [0, 0.1) is 20.8 Å². The van der Waals surface area contributed by atoms with Crippen molar-refractivity contribution in [2.24, 2.45) is 0 Å². The molecule has 3 rings (SSSR count). The maximum absolute atomic E-state index is 13.7. The van der Waals surface area contributed by atoms with E-state index in [1.807, 2.05) is 19.9 Å². The molecule has 1 heterocycles. The van der Waals surface area contributed by atoms with Gasteiger partial charge in [-0.05, 0) is 121 Å². The van der Waals surface area contributed by atoms with Crippen molar-refractivity contribution in [3.8, 4) is 0 Å². The molecule has 2 N–H and O–H groups in total. The van der Waals surface area contributed by atoms with Crippen molar-refractivity contribution < 1.29 is 4.79 Å². The molecule has 1 aromatic carbocycles. The van der Waals surface area contributed by atoms with Gasteiger partial charge in [0.05, 0.1) is 0 Å². The number of carbonyl (C=O) groups is 1. The van der Waals surface area contributed by atoms with Gasteiger partial charge >= 0.3 is 0 Å². The lowest BCUT2D eigenvalue weighted by atomic mass is 9.88. The summed E-state index contributed by atoms with van der Waals surface area (Å²) in [5.74, 6) is -0.130. The minimum atomic E-state index is -0.138. The maximum Gasteiger partial charge on any atom is 0.253 e. The third-order valence-corrected chi connectivity index (χ3v) is 8.37. The van der Waals surface area contributed by atoms with Gasteiger partial charge in [-0.25, -0.2) is 0 Å². The van der Waals surface area contributed by atoms with Gasteiger partial charge in [0.1, 0.15) is 0 Å². The quantitative estimate of drug-likeness (QED) is 0.344. The zero-order valence-electron chi connectivity index (χ0n) is 25.5. The smallest absolute Gasteiger partial charge is 0.253 e. The lowest BCUT2D eigenvalue weighted by Crippen LogP contribution is -2.42. The lowest BCUT2D eigenvalue weighted by molar-refractivity contribution is 0.0950. The van der Waals surface area contributed by atoms with Crippen LogP contribution in [0.25, 0.3) is 5.57 Å². The van der Waals surface area contributed by atoms with Crippen molar-refractivity contribution in [1.82, 2.24) is 15.2 Å². The Bertz CT molecular complexity index is 1220. The van der Waals surface area contributed by atoms with E-state index < -0.39 is 0 Å². The monoisotopic (exact) mass is 534 g/mol. The van der Waals surface area contributed by atoms with Crippen molar-refractivity contribution in [3.05, 3.63) is 68.1 Å². The Balaban J connectivity index is 2.01. The number of rotatable bonds is 11. The zero-order chi connectivity index (χ0) is 28.7. The highest BCUT2D eigenvalue weighted by atomic mass is 16.1. The van der Waals surface area contributed by atoms with E-state index in [1.165, 1.54) is 18.4 Å². The molecule has 214 valence electrons. The van der Waals surface area contributed by atoms with E-state index in [0.717, 1.165) is 66.7 Å². The minimum Gasteiger partial charge on any atom is -0.369 e. The number of carbonyl (C=O) groups excluding carboxylic acids is 1. The molecular weight excluding hydrogens is 484 g/mol. The number of amides is 1. The van der Waals surface area contributed by atoms with Crippen molar-refractivity contribution in [1.29, 1.82) is 0 Å². The van der Waals surface area contributed by atoms with Crippen LogP contribution in [0.15, 0.2) is 29.1 Å². The number of allylic oxidation sites excluding steroid dienone is 2. The molecule has 6 nitrogen and oxygen atoms in total. The molecule has 0 aliphatic heterocycles. The molecule has 0 spiro atoms. The molecule has 0 atom stereocenters. The number of aryl methyl sites for hydroxylation is 2. The zero-order valence-corrected chi connectivity index (χ0v) is 25.5. The van der Waals surface area contributed by atoms with Crippen LogP contribution in [0.1, 0.15) is 104 Å². The third kappa shape index (κ3) is 7.42. The van der Waals surface area contributed by atoms with E-state index >= 15 is 0 Å². The summed E-state index contributed by atoms with van der Waals surface area (Å²) in [7, 11) is 4.37. The molecule has 0 bridgehead atoms. The van der Waals surface area contributed by atoms with Gasteiger partial charge in [0, 0.05) is 47.7 Å². The standard InChI is InChI=1S/C33H50N4O2/c1-9-12-25(13-10-2)26-19-29(32(38)34-21-30-22(4)18-23(5)35-33(30)39)24(6)31(20-26)37(11-3)28-16-14-27(15-17-28)36(7)8/h12,18-20,27-28H,9-11,13-17,21H2,1-8H3,(H,34,38)(H,35,39)/b25-12+. The Morgan fingerprint density at radius 3 is 2.26 bits per heavy atom. The van der Waals surface area contributed by atoms with Crippen molar-refractivity contribution in [2.45, 2.75) is 105 Å². The van der Waals surface area contributed by atoms with Crippen LogP contribution in [0.3, 0.4) is 0 Å². The maximum atomic E-state index is 13.7. The van der Waals surface area contributed by atoms with Gasteiger partial charge < -0.3 is 20.1 Å². The summed E-state index contributed by atoms with van der Waals surface area (Å²) in [5.41, 5.74) is 7.49. The van der Waals surface area contributed by atoms with E-state index in [4.69, 9.17) is 0 Å². The van der Waals surface area contributed by atoms with Crippen LogP contribution < -0.4 is 15.8 Å². The summed E-state index contributed by atoms with van der Waals surface area (Å²) >= 11 is 0. The summed E-state index contributed by atoms with van der Waals surface area (Å²) in [6.07, 6.45) is 10.00. The van der Waals surface area contributed by atoms with Crippen LogP contribution in [0.5, 0.6) is 0 Å². The number of nitrogens with one attached hydrogen (secondary N) is 2. The summed E-state index contributed by atoms with van der Waals surface area (Å²) < 4.78 is 0. The van der Waals surface area contributed by atoms with E-state index in [9.17, 15) is 9.59 Å². The summed E-state index contributed by atoms with van der Waals surface area (Å²) in [4.78, 5) is 34.0. The fourth-order valence-corrected chi connectivity index (χ4v) is 6.18. The second-order valence-electron chi connectivity index (χ2n) is 11.4. The average Bonchev–Trinajstić information content (AvgIpc) is 2.89. The number of hydrogen-bond acceptors (Lipinski definition) is 4. The number of aromatic nitrogens is 1. The topological polar surface area (TPSA) is 68.4 Å². The summed E-state index contributed by atoms with van der Waals surface area (Å²) in [6, 6.07) is 7.44. The Morgan fingerprint density at radius 2 is 1.69 bits per heavy atom. The van der Waals surface area contributed by atoms with E-state index in [0.29, 0.717) is 23.2 Å². The fraction of sp³-hybridized carbons (Fsp3) is 0.576. The average molecular weight is 535 g/mol. The number of nitrogens with zero attached hydrogens (tertiary/aromatic N) is 2. The van der Waals surface area contributed by atoms with Gasteiger partial charge in [0.25, 0.3) is 11.5 Å². The molecular formula is C33H50N4O2. The second kappa shape index (κ2) is 14.0. The van der Waals surface area contributed by atoms with Crippen molar-refractivity contribution in [3.63, 3.8) is 0 Å². The van der Waals surface area contributed by atoms with Gasteiger partial charge in [0.2, 0.25) is 0 Å². The highest BCUT2D eigenvalue weighted by Gasteiger charge is 2.28. The van der Waals surface area contributed by atoms with Gasteiger partial charge in [-0.2, -0.15) is 0 Å². The molecule has 1 aliphatic rings. The third-order valence-electron chi connectivity index (χ3n) is 8.37. The van der Waals surface area contributed by atoms with E-state index in [2.05, 4.69) is 80.1 Å². The van der Waals surface area contributed by atoms with E-state index in [-0.39, 0.29) is 18.0 Å². The Hall–Kier alpha value is -2.86. The first-order chi connectivity index (χ1) is 18.6. The molecule has 6 heteroatoms. The highest BCUT2D eigenvalue weighted by molar-refractivity contribution is 5.98. The van der Waals surface area contributed by atoms with Crippen LogP contribution in [-0.2, 0) is 6.54 Å². The molecule has 1 fully saturated rings. The molecule has 39 heavy (non-hydrogen) atoms. The summed E-state index contributed by atoms with van der Waals surface area (Å²) in [6.45, 7) is 13.6. The Labute approximate surface area is 235 Å². The van der Waals surface area contributed by atoms with Crippen molar-refractivity contribution in [2.75, 3.05) is 25.5 Å². The Morgan fingerprint density at radius 1 is 1.03 bits per heavy atom. The molecule has 1 saturated carbocycles. The first-order valence-electron chi connectivity index (χ1n) is 14.9. The number of pyridine rings is 1. The predicted octanol–water partition coefficient (Wildman–Crippen LogP) is 6.52. The minimum absolute atomic E-state index is 0.130. The highest BCUT2D eigenvalue weighted by Crippen LogP contribution is 2.35. The summed E-state index contributed by atoms with van der Waals surface area (Å²) in [5, 5.41) is 3.07. The molecule has 2 aromatic rings. The van der Waals surface area contributed by atoms with Gasteiger partial charge in [-0.3, -0.25) is 9.59 Å².